The van der Waals surface area contributed by atoms with Crippen LogP contribution in [0, 0.1) is 0 Å². The molecule has 0 N–H and O–H groups in total. The summed E-state index contributed by atoms with van der Waals surface area (Å²) in [6.45, 7) is 1.55. The number of fused-ring (bicyclic) bond motifs is 2. The lowest BCUT2D eigenvalue weighted by atomic mass is 10.1. The van der Waals surface area contributed by atoms with E-state index < -0.39 is 17.8 Å². The summed E-state index contributed by atoms with van der Waals surface area (Å²) in [6.07, 6.45) is -0.0293. The van der Waals surface area contributed by atoms with E-state index in [1.165, 1.54) is 30.2 Å². The van der Waals surface area contributed by atoms with Crippen molar-refractivity contribution in [3.05, 3.63) is 82.5 Å². The van der Waals surface area contributed by atoms with Crippen LogP contribution in [-0.4, -0.2) is 40.6 Å². The fraction of sp³-hybridized carbons (Fsp3) is 0.231. The summed E-state index contributed by atoms with van der Waals surface area (Å²) in [5.74, 6) is -0.415. The van der Waals surface area contributed by atoms with Crippen molar-refractivity contribution in [3.8, 4) is 17.2 Å². The minimum absolute atomic E-state index is 0.128. The summed E-state index contributed by atoms with van der Waals surface area (Å²) in [5.41, 5.74) is 1.28. The number of hydrogen-bond acceptors (Lipinski definition) is 7. The Morgan fingerprint density at radius 2 is 1.95 bits per heavy atom. The van der Waals surface area contributed by atoms with Crippen molar-refractivity contribution in [2.24, 2.45) is 0 Å². The molecule has 0 fully saturated rings. The normalized spacial score (nSPS) is 13.5. The number of benzene rings is 2. The maximum atomic E-state index is 13.4. The molecule has 0 unspecified atom stereocenters. The standard InChI is InChI=1S/C26H22F2N4O5/c1-3-31(17-9-10-20-22(13-17)37-26(27,28)36-20)23(33)15-32-25(34)24-18(7-4-8-21(24)35-2)19(30-32)12-16-6-5-11-29-14-16/h4-11,13-14H,3,12,15H2,1-2H3. The fourth-order valence-electron chi connectivity index (χ4n) is 4.29. The Morgan fingerprint density at radius 3 is 2.68 bits per heavy atom. The Balaban J connectivity index is 1.52. The molecule has 2 aromatic heterocycles. The van der Waals surface area contributed by atoms with E-state index in [-0.39, 0.29) is 24.6 Å². The lowest BCUT2D eigenvalue weighted by Crippen LogP contribution is -2.38. The number of likely N-dealkylation sites (N-methyl/N-ethyl adjacent to an activating group) is 1. The number of alkyl halides is 2. The lowest BCUT2D eigenvalue weighted by Gasteiger charge is -2.22. The maximum Gasteiger partial charge on any atom is 0.586 e. The van der Waals surface area contributed by atoms with Crippen molar-refractivity contribution in [2.45, 2.75) is 26.2 Å². The predicted molar refractivity (Wildman–Crippen MR) is 130 cm³/mol. The van der Waals surface area contributed by atoms with Gasteiger partial charge in [-0.1, -0.05) is 18.2 Å². The van der Waals surface area contributed by atoms with Gasteiger partial charge < -0.3 is 19.1 Å². The van der Waals surface area contributed by atoms with Gasteiger partial charge in [0.1, 0.15) is 12.3 Å². The molecule has 1 aliphatic heterocycles. The molecule has 1 amide bonds. The number of halogens is 2. The van der Waals surface area contributed by atoms with E-state index in [0.29, 0.717) is 34.3 Å². The maximum absolute atomic E-state index is 13.4. The van der Waals surface area contributed by atoms with Crippen LogP contribution in [0.25, 0.3) is 10.8 Å². The number of aromatic nitrogens is 3. The number of methoxy groups -OCH3 is 1. The summed E-state index contributed by atoms with van der Waals surface area (Å²) in [6, 6.07) is 13.0. The zero-order valence-corrected chi connectivity index (χ0v) is 20.0. The SMILES string of the molecule is CCN(C(=O)Cn1nc(Cc2cccnc2)c2cccc(OC)c2c1=O)c1ccc2c(c1)OC(F)(F)O2. The van der Waals surface area contributed by atoms with Crippen LogP contribution in [0.3, 0.4) is 0 Å². The highest BCUT2D eigenvalue weighted by molar-refractivity contribution is 5.94. The van der Waals surface area contributed by atoms with Crippen molar-refractivity contribution < 1.29 is 27.8 Å². The van der Waals surface area contributed by atoms with E-state index in [0.717, 1.165) is 10.2 Å². The lowest BCUT2D eigenvalue weighted by molar-refractivity contribution is -0.286. The van der Waals surface area contributed by atoms with Gasteiger partial charge in [-0.15, -0.1) is 8.78 Å². The van der Waals surface area contributed by atoms with Crippen LogP contribution in [0.1, 0.15) is 18.2 Å². The van der Waals surface area contributed by atoms with E-state index in [4.69, 9.17) is 4.74 Å². The van der Waals surface area contributed by atoms with E-state index in [1.807, 2.05) is 6.07 Å². The number of rotatable bonds is 7. The van der Waals surface area contributed by atoms with E-state index in [9.17, 15) is 18.4 Å². The minimum Gasteiger partial charge on any atom is -0.496 e. The van der Waals surface area contributed by atoms with Crippen molar-refractivity contribution in [1.29, 1.82) is 0 Å². The van der Waals surface area contributed by atoms with Crippen LogP contribution in [0.4, 0.5) is 14.5 Å². The molecular weight excluding hydrogens is 486 g/mol. The van der Waals surface area contributed by atoms with E-state index >= 15 is 0 Å². The van der Waals surface area contributed by atoms with Gasteiger partial charge in [0.25, 0.3) is 5.56 Å². The highest BCUT2D eigenvalue weighted by Gasteiger charge is 2.43. The molecule has 190 valence electrons. The van der Waals surface area contributed by atoms with Gasteiger partial charge in [0.2, 0.25) is 5.91 Å². The van der Waals surface area contributed by atoms with Crippen LogP contribution in [0.5, 0.6) is 17.2 Å². The molecule has 0 saturated heterocycles. The van der Waals surface area contributed by atoms with E-state index in [2.05, 4.69) is 19.6 Å². The molecule has 1 aliphatic rings. The van der Waals surface area contributed by atoms with Crippen LogP contribution < -0.4 is 24.7 Å². The molecule has 2 aromatic carbocycles. The molecule has 0 spiro atoms. The third-order valence-electron chi connectivity index (χ3n) is 5.94. The summed E-state index contributed by atoms with van der Waals surface area (Å²) >= 11 is 0. The van der Waals surface area contributed by atoms with Crippen LogP contribution in [0.15, 0.2) is 65.7 Å². The third kappa shape index (κ3) is 4.67. The molecule has 5 rings (SSSR count). The summed E-state index contributed by atoms with van der Waals surface area (Å²) < 4.78 is 42.4. The van der Waals surface area contributed by atoms with Crippen molar-refractivity contribution >= 4 is 22.4 Å². The smallest absolute Gasteiger partial charge is 0.496 e. The molecule has 0 saturated carbocycles. The molecule has 0 atom stereocenters. The second-order valence-electron chi connectivity index (χ2n) is 8.27. The molecule has 0 aliphatic carbocycles. The van der Waals surface area contributed by atoms with Crippen molar-refractivity contribution in [2.75, 3.05) is 18.6 Å². The number of nitrogens with zero attached hydrogens (tertiary/aromatic N) is 4. The molecule has 3 heterocycles. The highest BCUT2D eigenvalue weighted by Crippen LogP contribution is 2.42. The molecule has 37 heavy (non-hydrogen) atoms. The van der Waals surface area contributed by atoms with Crippen LogP contribution >= 0.6 is 0 Å². The van der Waals surface area contributed by atoms with Gasteiger partial charge in [-0.25, -0.2) is 4.68 Å². The molecule has 11 heteroatoms. The molecule has 0 radical (unpaired) electrons. The van der Waals surface area contributed by atoms with Gasteiger partial charge >= 0.3 is 6.29 Å². The number of pyridine rings is 1. The Kier molecular flexibility index (Phi) is 6.20. The molecular formula is C26H22F2N4O5. The number of hydrogen-bond donors (Lipinski definition) is 0. The number of amides is 1. The molecule has 4 aromatic rings. The average molecular weight is 508 g/mol. The molecule has 9 nitrogen and oxygen atoms in total. The zero-order valence-electron chi connectivity index (χ0n) is 20.0. The number of carbonyl (C=O) groups is 1. The first-order chi connectivity index (χ1) is 17.8. The number of ether oxygens (including phenoxy) is 3. The van der Waals surface area contributed by atoms with Crippen molar-refractivity contribution in [3.63, 3.8) is 0 Å². The minimum atomic E-state index is -3.77. The first kappa shape index (κ1) is 24.2. The monoisotopic (exact) mass is 508 g/mol. The largest absolute Gasteiger partial charge is 0.586 e. The van der Waals surface area contributed by atoms with Crippen LogP contribution in [0.2, 0.25) is 0 Å². The number of anilines is 1. The van der Waals surface area contributed by atoms with Gasteiger partial charge in [0.05, 0.1) is 18.2 Å². The summed E-state index contributed by atoms with van der Waals surface area (Å²) in [5, 5.41) is 5.45. The fourth-order valence-corrected chi connectivity index (χ4v) is 4.29. The van der Waals surface area contributed by atoms with Gasteiger partial charge in [-0.05, 0) is 36.8 Å². The Labute approximate surface area is 209 Å². The number of carbonyl (C=O) groups excluding carboxylic acids is 1. The van der Waals surface area contributed by atoms with Gasteiger partial charge in [-0.3, -0.25) is 14.6 Å². The third-order valence-corrected chi connectivity index (χ3v) is 5.94. The molecule has 0 bridgehead atoms. The second kappa shape index (κ2) is 9.49. The summed E-state index contributed by atoms with van der Waals surface area (Å²) in [4.78, 5) is 32.3. The Morgan fingerprint density at radius 1 is 1.14 bits per heavy atom. The topological polar surface area (TPSA) is 95.8 Å². The van der Waals surface area contributed by atoms with Crippen molar-refractivity contribution in [1.82, 2.24) is 14.8 Å². The average Bonchev–Trinajstić information content (AvgIpc) is 3.20. The quantitative estimate of drug-likeness (QED) is 0.375. The van der Waals surface area contributed by atoms with E-state index in [1.54, 1.807) is 43.6 Å². The first-order valence-corrected chi connectivity index (χ1v) is 11.5. The zero-order chi connectivity index (χ0) is 26.2. The second-order valence-corrected chi connectivity index (χ2v) is 8.27. The highest BCUT2D eigenvalue weighted by atomic mass is 19.3. The van der Waals surface area contributed by atoms with Gasteiger partial charge in [0, 0.05) is 42.5 Å². The van der Waals surface area contributed by atoms with Gasteiger partial charge in [0.15, 0.2) is 11.5 Å². The summed E-state index contributed by atoms with van der Waals surface area (Å²) in [7, 11) is 1.47. The van der Waals surface area contributed by atoms with Crippen LogP contribution in [-0.2, 0) is 17.8 Å². The van der Waals surface area contributed by atoms with Gasteiger partial charge in [-0.2, -0.15) is 5.10 Å². The Bertz CT molecular complexity index is 1540. The Hall–Kier alpha value is -4.54. The first-order valence-electron chi connectivity index (χ1n) is 11.5. The predicted octanol–water partition coefficient (Wildman–Crippen LogP) is 3.77.